The monoisotopic (exact) mass is 452 g/mol. The molecular formula is C20H23F3N6O3. The molecule has 9 nitrogen and oxygen atoms in total. The van der Waals surface area contributed by atoms with E-state index in [-0.39, 0.29) is 18.2 Å². The number of nitrogens with zero attached hydrogens (tertiary/aromatic N) is 5. The zero-order valence-electron chi connectivity index (χ0n) is 17.4. The molecule has 12 heteroatoms. The zero-order chi connectivity index (χ0) is 23.5. The number of nitrogens with one attached hydrogen (secondary N) is 1. The molecule has 172 valence electrons. The largest absolute Gasteiger partial charge is 0.490 e. The molecule has 0 amide bonds. The molecular weight excluding hydrogens is 429 g/mol. The Morgan fingerprint density at radius 2 is 2.00 bits per heavy atom. The first kappa shape index (κ1) is 23.4. The van der Waals surface area contributed by atoms with E-state index in [1.165, 1.54) is 11.9 Å². The molecule has 0 spiro atoms. The molecule has 0 radical (unpaired) electrons. The number of aromatic nitrogens is 5. The number of aliphatic hydroxyl groups is 1. The summed E-state index contributed by atoms with van der Waals surface area (Å²) in [6, 6.07) is 6.55. The van der Waals surface area contributed by atoms with Crippen molar-refractivity contribution in [1.82, 2.24) is 29.9 Å². The molecule has 2 aromatic heterocycles. The van der Waals surface area contributed by atoms with Crippen molar-refractivity contribution in [2.75, 3.05) is 0 Å². The molecule has 3 atom stereocenters. The molecule has 1 saturated carbocycles. The Morgan fingerprint density at radius 1 is 1.28 bits per heavy atom. The summed E-state index contributed by atoms with van der Waals surface area (Å²) in [6.45, 7) is 4.84. The number of carboxylic acids is 1. The number of aliphatic hydroxyl groups excluding tert-OH is 1. The third-order valence-electron chi connectivity index (χ3n) is 5.08. The number of carboxylic acid groups (broad SMARTS) is 1. The van der Waals surface area contributed by atoms with Crippen LogP contribution in [-0.4, -0.2) is 59.0 Å². The Morgan fingerprint density at radius 3 is 2.50 bits per heavy atom. The normalized spacial score (nSPS) is 20.2. The Bertz CT molecular complexity index is 1050. The molecule has 1 fully saturated rings. The van der Waals surface area contributed by atoms with Crippen LogP contribution >= 0.6 is 0 Å². The lowest BCUT2D eigenvalue weighted by atomic mass is 9.83. The molecule has 3 N–H and O–H groups in total. The van der Waals surface area contributed by atoms with E-state index in [0.717, 1.165) is 29.8 Å². The minimum absolute atomic E-state index is 0.00391. The molecule has 1 aliphatic rings. The molecule has 4 rings (SSSR count). The fraction of sp³-hybridized carbons (Fsp3) is 0.400. The highest BCUT2D eigenvalue weighted by Crippen LogP contribution is 2.32. The van der Waals surface area contributed by atoms with E-state index >= 15 is 0 Å². The first-order valence-corrected chi connectivity index (χ1v) is 9.73. The Hall–Kier alpha value is -3.25. The second kappa shape index (κ2) is 9.49. The van der Waals surface area contributed by atoms with Crippen LogP contribution in [0.4, 0.5) is 13.2 Å². The van der Waals surface area contributed by atoms with E-state index in [1.54, 1.807) is 11.0 Å². The summed E-state index contributed by atoms with van der Waals surface area (Å²) < 4.78 is 35.4. The molecule has 1 aliphatic carbocycles. The Labute approximate surface area is 181 Å². The van der Waals surface area contributed by atoms with Gasteiger partial charge in [0, 0.05) is 18.8 Å². The number of hydrogen-bond donors (Lipinski definition) is 3. The average molecular weight is 452 g/mol. The van der Waals surface area contributed by atoms with Gasteiger partial charge in [-0.25, -0.2) is 14.5 Å². The number of benzene rings is 1. The van der Waals surface area contributed by atoms with Crippen molar-refractivity contribution in [2.24, 2.45) is 0 Å². The first-order chi connectivity index (χ1) is 15.1. The average Bonchev–Trinajstić information content (AvgIpc) is 3.37. The standard InChI is InChI=1S/C18H22N6O.C2HF3O2/c1-12-7-21-23(9-12)18-15(6-17(18)25)20-8-14-3-4-16(13(2)5-14)24-11-19-10-22-24;3-2(4,5)1(6)7/h3-5,7,9-11,15,17-18,20,25H,6,8H2,1-2H3;(H,6,7)/t15-,17+,18+;/m0./s1. The number of aryl methyl sites for hydroxylation is 2. The smallest absolute Gasteiger partial charge is 0.475 e. The molecule has 1 aromatic carbocycles. The first-order valence-electron chi connectivity index (χ1n) is 9.73. The van der Waals surface area contributed by atoms with Gasteiger partial charge in [0.05, 0.1) is 24.0 Å². The molecule has 0 aliphatic heterocycles. The van der Waals surface area contributed by atoms with Gasteiger partial charge in [-0.05, 0) is 43.0 Å². The minimum atomic E-state index is -5.08. The Balaban J connectivity index is 0.000000360. The lowest BCUT2D eigenvalue weighted by Crippen LogP contribution is -2.54. The molecule has 3 aromatic rings. The van der Waals surface area contributed by atoms with Gasteiger partial charge in [0.25, 0.3) is 0 Å². The fourth-order valence-corrected chi connectivity index (χ4v) is 3.44. The maximum absolute atomic E-state index is 10.6. The van der Waals surface area contributed by atoms with E-state index in [2.05, 4.69) is 45.6 Å². The predicted molar refractivity (Wildman–Crippen MR) is 107 cm³/mol. The number of rotatable bonds is 5. The van der Waals surface area contributed by atoms with Gasteiger partial charge in [-0.2, -0.15) is 23.4 Å². The van der Waals surface area contributed by atoms with Crippen LogP contribution in [0.15, 0.2) is 43.2 Å². The van der Waals surface area contributed by atoms with E-state index in [9.17, 15) is 18.3 Å². The van der Waals surface area contributed by atoms with Crippen LogP contribution in [0.1, 0.15) is 29.2 Å². The summed E-state index contributed by atoms with van der Waals surface area (Å²) in [6.07, 6.45) is 2.38. The SMILES string of the molecule is Cc1cnn([C@H]2[C@H](O)C[C@@H]2NCc2ccc(-n3cncn3)c(C)c2)c1.O=C(O)C(F)(F)F. The number of carbonyl (C=O) groups is 1. The lowest BCUT2D eigenvalue weighted by molar-refractivity contribution is -0.192. The van der Waals surface area contributed by atoms with Crippen LogP contribution in [0.2, 0.25) is 0 Å². The van der Waals surface area contributed by atoms with E-state index in [1.807, 2.05) is 24.0 Å². The van der Waals surface area contributed by atoms with Gasteiger partial charge in [0.1, 0.15) is 12.7 Å². The highest BCUT2D eigenvalue weighted by atomic mass is 19.4. The van der Waals surface area contributed by atoms with E-state index < -0.39 is 12.1 Å². The van der Waals surface area contributed by atoms with Crippen LogP contribution < -0.4 is 5.32 Å². The van der Waals surface area contributed by atoms with Gasteiger partial charge >= 0.3 is 12.1 Å². The molecule has 0 bridgehead atoms. The highest BCUT2D eigenvalue weighted by Gasteiger charge is 2.41. The predicted octanol–water partition coefficient (Wildman–Crippen LogP) is 2.18. The van der Waals surface area contributed by atoms with Crippen molar-refractivity contribution in [3.05, 3.63) is 59.9 Å². The van der Waals surface area contributed by atoms with Crippen molar-refractivity contribution < 1.29 is 28.2 Å². The fourth-order valence-electron chi connectivity index (χ4n) is 3.44. The second-order valence-electron chi connectivity index (χ2n) is 7.54. The maximum Gasteiger partial charge on any atom is 0.490 e. The van der Waals surface area contributed by atoms with Crippen LogP contribution in [0, 0.1) is 13.8 Å². The topological polar surface area (TPSA) is 118 Å². The highest BCUT2D eigenvalue weighted by molar-refractivity contribution is 5.73. The van der Waals surface area contributed by atoms with Crippen LogP contribution in [-0.2, 0) is 11.3 Å². The molecule has 0 saturated heterocycles. The van der Waals surface area contributed by atoms with Gasteiger partial charge in [0.2, 0.25) is 0 Å². The van der Waals surface area contributed by atoms with Crippen molar-refractivity contribution >= 4 is 5.97 Å². The summed E-state index contributed by atoms with van der Waals surface area (Å²) in [5.41, 5.74) is 4.50. The number of halogens is 3. The van der Waals surface area contributed by atoms with Crippen molar-refractivity contribution in [2.45, 2.75) is 51.2 Å². The second-order valence-corrected chi connectivity index (χ2v) is 7.54. The van der Waals surface area contributed by atoms with Crippen LogP contribution in [0.5, 0.6) is 0 Å². The molecule has 32 heavy (non-hydrogen) atoms. The summed E-state index contributed by atoms with van der Waals surface area (Å²) in [7, 11) is 0. The van der Waals surface area contributed by atoms with Crippen molar-refractivity contribution in [3.8, 4) is 5.69 Å². The molecule has 2 heterocycles. The summed E-state index contributed by atoms with van der Waals surface area (Å²) in [5, 5.41) is 29.3. The lowest BCUT2D eigenvalue weighted by Gasteiger charge is -2.42. The van der Waals surface area contributed by atoms with Crippen LogP contribution in [0.25, 0.3) is 5.69 Å². The Kier molecular flexibility index (Phi) is 6.94. The minimum Gasteiger partial charge on any atom is -0.475 e. The summed E-state index contributed by atoms with van der Waals surface area (Å²) in [4.78, 5) is 12.9. The van der Waals surface area contributed by atoms with Gasteiger partial charge < -0.3 is 15.5 Å². The van der Waals surface area contributed by atoms with Gasteiger partial charge in [0.15, 0.2) is 0 Å². The van der Waals surface area contributed by atoms with Gasteiger partial charge in [-0.15, -0.1) is 0 Å². The summed E-state index contributed by atoms with van der Waals surface area (Å²) >= 11 is 0. The third kappa shape index (κ3) is 5.51. The van der Waals surface area contributed by atoms with Crippen LogP contribution in [0.3, 0.4) is 0 Å². The van der Waals surface area contributed by atoms with E-state index in [0.29, 0.717) is 0 Å². The molecule has 0 unspecified atom stereocenters. The third-order valence-corrected chi connectivity index (χ3v) is 5.08. The maximum atomic E-state index is 10.6. The van der Waals surface area contributed by atoms with E-state index in [4.69, 9.17) is 9.90 Å². The van der Waals surface area contributed by atoms with Gasteiger partial charge in [-0.3, -0.25) is 4.68 Å². The number of aliphatic carboxylic acids is 1. The number of alkyl halides is 3. The quantitative estimate of drug-likeness (QED) is 0.543. The van der Waals surface area contributed by atoms with Crippen molar-refractivity contribution in [1.29, 1.82) is 0 Å². The zero-order valence-corrected chi connectivity index (χ0v) is 17.4. The van der Waals surface area contributed by atoms with Gasteiger partial charge in [-0.1, -0.05) is 12.1 Å². The number of hydrogen-bond acceptors (Lipinski definition) is 6. The summed E-state index contributed by atoms with van der Waals surface area (Å²) in [5.74, 6) is -2.76. The van der Waals surface area contributed by atoms with Crippen molar-refractivity contribution in [3.63, 3.8) is 0 Å².